The minimum Gasteiger partial charge on any atom is -0.481 e. The summed E-state index contributed by atoms with van der Waals surface area (Å²) >= 11 is 3.41. The van der Waals surface area contributed by atoms with E-state index in [1.54, 1.807) is 12.2 Å². The number of rotatable bonds is 4. The van der Waals surface area contributed by atoms with Gasteiger partial charge < -0.3 is 15.2 Å². The Hall–Kier alpha value is -1.66. The number of carboxylic acid groups (broad SMARTS) is 1. The van der Waals surface area contributed by atoms with Crippen LogP contribution in [-0.2, 0) is 20.7 Å². The number of nitrogens with one attached hydrogen (secondary N) is 1. The Morgan fingerprint density at radius 2 is 1.95 bits per heavy atom. The largest absolute Gasteiger partial charge is 0.481 e. The van der Waals surface area contributed by atoms with Crippen molar-refractivity contribution in [2.24, 2.45) is 11.8 Å². The Morgan fingerprint density at radius 3 is 2.59 bits per heavy atom. The third-order valence-corrected chi connectivity index (χ3v) is 4.69. The summed E-state index contributed by atoms with van der Waals surface area (Å²) < 4.78 is 6.47. The van der Waals surface area contributed by atoms with E-state index < -0.39 is 30.0 Å². The van der Waals surface area contributed by atoms with E-state index in [0.717, 1.165) is 16.5 Å². The van der Waals surface area contributed by atoms with Gasteiger partial charge in [-0.05, 0) is 30.2 Å². The SMILES string of the molecule is CCc1cc(Br)ccc1NC(=O)[C@@H]1[C@@H](C(=O)O)[C@H]2C=C[C@H]1O2. The Kier molecular flexibility index (Phi) is 4.06. The van der Waals surface area contributed by atoms with Gasteiger partial charge in [0.25, 0.3) is 0 Å². The molecule has 4 atom stereocenters. The van der Waals surface area contributed by atoms with Crippen molar-refractivity contribution in [1.82, 2.24) is 0 Å². The van der Waals surface area contributed by atoms with Crippen molar-refractivity contribution in [3.63, 3.8) is 0 Å². The number of fused-ring (bicyclic) bond motifs is 2. The molecule has 0 aliphatic carbocycles. The van der Waals surface area contributed by atoms with Gasteiger partial charge in [0.1, 0.15) is 5.92 Å². The lowest BCUT2D eigenvalue weighted by molar-refractivity contribution is -0.145. The molecule has 116 valence electrons. The smallest absolute Gasteiger partial charge is 0.310 e. The van der Waals surface area contributed by atoms with E-state index >= 15 is 0 Å². The molecule has 3 rings (SSSR count). The van der Waals surface area contributed by atoms with Gasteiger partial charge in [0.15, 0.2) is 0 Å². The van der Waals surface area contributed by atoms with Gasteiger partial charge >= 0.3 is 5.97 Å². The zero-order valence-electron chi connectivity index (χ0n) is 12.0. The summed E-state index contributed by atoms with van der Waals surface area (Å²) in [5.41, 5.74) is 1.71. The number of hydrogen-bond acceptors (Lipinski definition) is 3. The maximum atomic E-state index is 12.6. The first-order chi connectivity index (χ1) is 10.5. The lowest BCUT2D eigenvalue weighted by Gasteiger charge is -2.21. The summed E-state index contributed by atoms with van der Waals surface area (Å²) in [5.74, 6) is -2.82. The highest BCUT2D eigenvalue weighted by molar-refractivity contribution is 9.10. The van der Waals surface area contributed by atoms with E-state index in [0.29, 0.717) is 5.69 Å². The molecule has 0 aromatic heterocycles. The lowest BCUT2D eigenvalue weighted by Crippen LogP contribution is -2.39. The molecule has 2 heterocycles. The molecule has 5 nitrogen and oxygen atoms in total. The fraction of sp³-hybridized carbons (Fsp3) is 0.375. The Bertz CT molecular complexity index is 658. The first-order valence-electron chi connectivity index (χ1n) is 7.17. The molecule has 1 saturated heterocycles. The van der Waals surface area contributed by atoms with E-state index in [2.05, 4.69) is 21.2 Å². The van der Waals surface area contributed by atoms with Crippen molar-refractivity contribution < 1.29 is 19.4 Å². The molecule has 1 fully saturated rings. The summed E-state index contributed by atoms with van der Waals surface area (Å²) in [5, 5.41) is 12.2. The molecule has 0 radical (unpaired) electrons. The monoisotopic (exact) mass is 365 g/mol. The Balaban J connectivity index is 1.83. The van der Waals surface area contributed by atoms with Crippen molar-refractivity contribution in [1.29, 1.82) is 0 Å². The van der Waals surface area contributed by atoms with Crippen LogP contribution in [0.4, 0.5) is 5.69 Å². The van der Waals surface area contributed by atoms with Gasteiger partial charge in [0, 0.05) is 10.2 Å². The van der Waals surface area contributed by atoms with Gasteiger partial charge in [0.2, 0.25) is 5.91 Å². The molecule has 0 saturated carbocycles. The Labute approximate surface area is 136 Å². The number of amides is 1. The summed E-state index contributed by atoms with van der Waals surface area (Å²) in [6.45, 7) is 2.00. The lowest BCUT2D eigenvalue weighted by atomic mass is 9.82. The van der Waals surface area contributed by atoms with E-state index in [4.69, 9.17) is 4.74 Å². The second-order valence-electron chi connectivity index (χ2n) is 5.48. The number of aliphatic carboxylic acids is 1. The number of anilines is 1. The zero-order chi connectivity index (χ0) is 15.9. The predicted molar refractivity (Wildman–Crippen MR) is 84.6 cm³/mol. The van der Waals surface area contributed by atoms with Crippen LogP contribution in [0.2, 0.25) is 0 Å². The number of halogens is 1. The minimum absolute atomic E-state index is 0.304. The summed E-state index contributed by atoms with van der Waals surface area (Å²) in [6.07, 6.45) is 3.31. The van der Waals surface area contributed by atoms with E-state index in [-0.39, 0.29) is 5.91 Å². The van der Waals surface area contributed by atoms with Crippen LogP contribution in [0.3, 0.4) is 0 Å². The molecule has 1 aromatic rings. The average Bonchev–Trinajstić information content (AvgIpc) is 3.09. The van der Waals surface area contributed by atoms with Gasteiger partial charge in [-0.3, -0.25) is 9.59 Å². The maximum Gasteiger partial charge on any atom is 0.310 e. The van der Waals surface area contributed by atoms with Crippen LogP contribution in [0.15, 0.2) is 34.8 Å². The van der Waals surface area contributed by atoms with Crippen molar-refractivity contribution in [2.45, 2.75) is 25.6 Å². The molecular weight excluding hydrogens is 350 g/mol. The quantitative estimate of drug-likeness (QED) is 0.804. The second-order valence-corrected chi connectivity index (χ2v) is 6.40. The molecule has 2 bridgehead atoms. The number of carboxylic acids is 1. The topological polar surface area (TPSA) is 75.6 Å². The number of carbonyl (C=O) groups is 2. The second kappa shape index (κ2) is 5.85. The molecule has 2 aliphatic rings. The summed E-state index contributed by atoms with van der Waals surface area (Å²) in [7, 11) is 0. The van der Waals surface area contributed by atoms with Gasteiger partial charge in [-0.1, -0.05) is 35.0 Å². The van der Waals surface area contributed by atoms with Gasteiger partial charge in [-0.2, -0.15) is 0 Å². The molecule has 0 spiro atoms. The van der Waals surface area contributed by atoms with Gasteiger partial charge in [0.05, 0.1) is 18.1 Å². The minimum atomic E-state index is -0.997. The van der Waals surface area contributed by atoms with E-state index in [1.165, 1.54) is 0 Å². The van der Waals surface area contributed by atoms with Crippen LogP contribution in [0, 0.1) is 11.8 Å². The van der Waals surface area contributed by atoms with Crippen molar-refractivity contribution in [3.8, 4) is 0 Å². The molecular formula is C16H16BrNO4. The average molecular weight is 366 g/mol. The molecule has 22 heavy (non-hydrogen) atoms. The molecule has 0 unspecified atom stereocenters. The molecule has 2 N–H and O–H groups in total. The van der Waals surface area contributed by atoms with Crippen LogP contribution < -0.4 is 5.32 Å². The van der Waals surface area contributed by atoms with Gasteiger partial charge in [-0.15, -0.1) is 0 Å². The third kappa shape index (κ3) is 2.57. The maximum absolute atomic E-state index is 12.6. The number of hydrogen-bond donors (Lipinski definition) is 2. The first-order valence-corrected chi connectivity index (χ1v) is 7.96. The highest BCUT2D eigenvalue weighted by atomic mass is 79.9. The van der Waals surface area contributed by atoms with Crippen LogP contribution in [0.5, 0.6) is 0 Å². The van der Waals surface area contributed by atoms with Crippen LogP contribution in [0.25, 0.3) is 0 Å². The fourth-order valence-corrected chi connectivity index (χ4v) is 3.52. The van der Waals surface area contributed by atoms with Crippen LogP contribution in [-0.4, -0.2) is 29.2 Å². The summed E-state index contributed by atoms with van der Waals surface area (Å²) in [4.78, 5) is 24.0. The van der Waals surface area contributed by atoms with E-state index in [9.17, 15) is 14.7 Å². The molecule has 1 amide bonds. The number of benzene rings is 1. The van der Waals surface area contributed by atoms with Crippen molar-refractivity contribution in [3.05, 3.63) is 40.4 Å². The van der Waals surface area contributed by atoms with E-state index in [1.807, 2.05) is 25.1 Å². The van der Waals surface area contributed by atoms with Crippen LogP contribution in [0.1, 0.15) is 12.5 Å². The third-order valence-electron chi connectivity index (χ3n) is 4.19. The Morgan fingerprint density at radius 1 is 1.27 bits per heavy atom. The van der Waals surface area contributed by atoms with Crippen molar-refractivity contribution >= 4 is 33.5 Å². The van der Waals surface area contributed by atoms with Gasteiger partial charge in [-0.25, -0.2) is 0 Å². The number of ether oxygens (including phenoxy) is 1. The number of carbonyl (C=O) groups excluding carboxylic acids is 1. The summed E-state index contributed by atoms with van der Waals surface area (Å²) in [6, 6.07) is 5.61. The predicted octanol–water partition coefficient (Wildman–Crippen LogP) is 2.60. The molecule has 2 aliphatic heterocycles. The first kappa shape index (κ1) is 15.2. The molecule has 1 aromatic carbocycles. The molecule has 6 heteroatoms. The standard InChI is InChI=1S/C16H16BrNO4/c1-2-8-7-9(17)3-4-10(8)18-15(19)13-11-5-6-12(22-11)14(13)16(20)21/h3-7,11-14H,2H2,1H3,(H,18,19)(H,20,21)/t11-,12-,13+,14+/m1/s1. The highest BCUT2D eigenvalue weighted by Gasteiger charge is 2.53. The fourth-order valence-electron chi connectivity index (χ4n) is 3.11. The number of aryl methyl sites for hydroxylation is 1. The van der Waals surface area contributed by atoms with Crippen molar-refractivity contribution in [2.75, 3.05) is 5.32 Å². The normalized spacial score (nSPS) is 28.8. The highest BCUT2D eigenvalue weighted by Crippen LogP contribution is 2.40. The van der Waals surface area contributed by atoms with Crippen LogP contribution >= 0.6 is 15.9 Å². The zero-order valence-corrected chi connectivity index (χ0v) is 13.5.